The van der Waals surface area contributed by atoms with E-state index in [1.54, 1.807) is 4.90 Å². The van der Waals surface area contributed by atoms with Gasteiger partial charge in [0.25, 0.3) is 0 Å². The molecule has 3 aliphatic rings. The Labute approximate surface area is 248 Å². The predicted octanol–water partition coefficient (Wildman–Crippen LogP) is 4.10. The molecule has 2 fully saturated rings. The number of nitrogens with zero attached hydrogens (tertiary/aromatic N) is 7. The lowest BCUT2D eigenvalue weighted by Gasteiger charge is -2.41. The Balaban J connectivity index is 1.31. The molecule has 0 radical (unpaired) electrons. The molecule has 1 aromatic heterocycles. The fourth-order valence-electron chi connectivity index (χ4n) is 6.38. The second kappa shape index (κ2) is 12.0. The van der Waals surface area contributed by atoms with Crippen LogP contribution < -0.4 is 14.5 Å². The number of carbonyl (C=O) groups is 1. The number of fused-ring (bicyclic) bond motifs is 2. The largest absolute Gasteiger partial charge is 0.462 e. The molecular formula is C33H39N7O2. The van der Waals surface area contributed by atoms with Crippen LogP contribution in [0.5, 0.6) is 6.01 Å². The highest BCUT2D eigenvalue weighted by atomic mass is 16.5. The van der Waals surface area contributed by atoms with Gasteiger partial charge in [0.1, 0.15) is 18.5 Å². The van der Waals surface area contributed by atoms with Crippen molar-refractivity contribution >= 4 is 28.2 Å². The summed E-state index contributed by atoms with van der Waals surface area (Å²) in [7, 11) is 2.14. The molecule has 0 N–H and O–H groups in total. The number of anilines is 2. The fraction of sp³-hybridized carbons (Fsp3) is 0.455. The molecule has 0 unspecified atom stereocenters. The number of amides is 1. The number of rotatable bonds is 9. The van der Waals surface area contributed by atoms with Crippen LogP contribution in [0, 0.1) is 13.5 Å². The highest BCUT2D eigenvalue weighted by Crippen LogP contribution is 2.36. The van der Waals surface area contributed by atoms with Crippen molar-refractivity contribution in [3.05, 3.63) is 77.3 Å². The monoisotopic (exact) mass is 565 g/mol. The molecule has 0 spiro atoms. The highest BCUT2D eigenvalue weighted by molar-refractivity contribution is 5.97. The quantitative estimate of drug-likeness (QED) is 0.286. The van der Waals surface area contributed by atoms with Crippen LogP contribution in [0.2, 0.25) is 0 Å². The molecule has 2 aliphatic heterocycles. The number of benzene rings is 2. The van der Waals surface area contributed by atoms with Gasteiger partial charge >= 0.3 is 6.01 Å². The van der Waals surface area contributed by atoms with Crippen LogP contribution in [-0.4, -0.2) is 90.7 Å². The van der Waals surface area contributed by atoms with Gasteiger partial charge in [0, 0.05) is 55.4 Å². The molecule has 1 amide bonds. The topological polar surface area (TPSA) is 69.4 Å². The Hall–Kier alpha value is -4.16. The van der Waals surface area contributed by atoms with Crippen LogP contribution in [-0.2, 0) is 17.8 Å². The summed E-state index contributed by atoms with van der Waals surface area (Å²) in [4.78, 5) is 34.9. The Morgan fingerprint density at radius 3 is 2.74 bits per heavy atom. The van der Waals surface area contributed by atoms with Crippen LogP contribution in [0.15, 0.2) is 49.1 Å². The van der Waals surface area contributed by atoms with Gasteiger partial charge in [0.15, 0.2) is 0 Å². The van der Waals surface area contributed by atoms with Crippen LogP contribution in [0.3, 0.4) is 0 Å². The lowest BCUT2D eigenvalue weighted by atomic mass is 9.99. The van der Waals surface area contributed by atoms with Crippen molar-refractivity contribution in [3.63, 3.8) is 0 Å². The lowest BCUT2D eigenvalue weighted by Crippen LogP contribution is -2.56. The summed E-state index contributed by atoms with van der Waals surface area (Å²) < 4.78 is 6.20. The van der Waals surface area contributed by atoms with Gasteiger partial charge in [0.2, 0.25) is 12.5 Å². The van der Waals surface area contributed by atoms with Crippen LogP contribution in [0.4, 0.5) is 11.5 Å². The van der Waals surface area contributed by atoms with E-state index in [0.29, 0.717) is 44.8 Å². The minimum atomic E-state index is -0.220. The summed E-state index contributed by atoms with van der Waals surface area (Å²) >= 11 is 0. The maximum absolute atomic E-state index is 12.5. The number of aryl methyl sites for hydroxylation is 1. The second-order valence-corrected chi connectivity index (χ2v) is 11.6. The SMILES string of the molecule is [C-]#[N+]C[C@H]1CN(c2nc(OCCN(C)C3CC3)nc3c2CCN(c2cccc4cccc(C)c24)C3)CCN1C(=O)C=C. The van der Waals surface area contributed by atoms with Crippen molar-refractivity contribution in [1.82, 2.24) is 19.8 Å². The fourth-order valence-corrected chi connectivity index (χ4v) is 6.38. The Morgan fingerprint density at radius 2 is 1.98 bits per heavy atom. The number of ether oxygens (including phenoxy) is 1. The molecule has 9 heteroatoms. The minimum absolute atomic E-state index is 0.127. The second-order valence-electron chi connectivity index (χ2n) is 11.6. The van der Waals surface area contributed by atoms with E-state index in [2.05, 4.69) is 76.5 Å². The Bertz CT molecular complexity index is 1520. The van der Waals surface area contributed by atoms with E-state index in [4.69, 9.17) is 21.3 Å². The number of aromatic nitrogens is 2. The molecule has 1 atom stereocenters. The number of hydrogen-bond donors (Lipinski definition) is 0. The minimum Gasteiger partial charge on any atom is -0.462 e. The maximum atomic E-state index is 12.5. The van der Waals surface area contributed by atoms with E-state index >= 15 is 0 Å². The molecule has 9 nitrogen and oxygen atoms in total. The van der Waals surface area contributed by atoms with Crippen molar-refractivity contribution in [1.29, 1.82) is 0 Å². The zero-order valence-corrected chi connectivity index (χ0v) is 24.6. The van der Waals surface area contributed by atoms with Gasteiger partial charge in [0.05, 0.1) is 12.2 Å². The predicted molar refractivity (Wildman–Crippen MR) is 166 cm³/mol. The average molecular weight is 566 g/mol. The summed E-state index contributed by atoms with van der Waals surface area (Å²) in [6, 6.07) is 13.8. The Kier molecular flexibility index (Phi) is 7.98. The summed E-state index contributed by atoms with van der Waals surface area (Å²) in [5, 5.41) is 2.52. The van der Waals surface area contributed by atoms with E-state index in [9.17, 15) is 4.79 Å². The van der Waals surface area contributed by atoms with Crippen molar-refractivity contribution in [2.24, 2.45) is 0 Å². The molecule has 3 heterocycles. The van der Waals surface area contributed by atoms with Crippen LogP contribution in [0.1, 0.15) is 29.7 Å². The first-order valence-corrected chi connectivity index (χ1v) is 14.9. The van der Waals surface area contributed by atoms with Crippen LogP contribution in [0.25, 0.3) is 15.6 Å². The van der Waals surface area contributed by atoms with Crippen molar-refractivity contribution < 1.29 is 9.53 Å². The first-order chi connectivity index (χ1) is 20.5. The van der Waals surface area contributed by atoms with E-state index in [0.717, 1.165) is 36.6 Å². The van der Waals surface area contributed by atoms with Gasteiger partial charge in [-0.15, -0.1) is 0 Å². The average Bonchev–Trinajstić information content (AvgIpc) is 3.86. The van der Waals surface area contributed by atoms with Gasteiger partial charge in [-0.25, -0.2) is 6.57 Å². The van der Waals surface area contributed by atoms with E-state index in [1.165, 1.54) is 40.9 Å². The lowest BCUT2D eigenvalue weighted by molar-refractivity contribution is -0.128. The van der Waals surface area contributed by atoms with Gasteiger partial charge in [-0.1, -0.05) is 36.9 Å². The third-order valence-corrected chi connectivity index (χ3v) is 8.84. The number of likely N-dealkylation sites (N-methyl/N-ethyl adjacent to an activating group) is 1. The van der Waals surface area contributed by atoms with Gasteiger partial charge < -0.3 is 29.2 Å². The molecule has 6 rings (SSSR count). The van der Waals surface area contributed by atoms with E-state index < -0.39 is 0 Å². The normalized spacial score (nSPS) is 18.6. The van der Waals surface area contributed by atoms with E-state index in [-0.39, 0.29) is 18.5 Å². The molecule has 1 saturated carbocycles. The standard InChI is InChI=1S/C33H39N7O2/c1-5-30(41)40-17-16-39(21-26(40)20-34-3)32-27-14-15-38(29-11-7-10-24-9-6-8-23(2)31(24)29)22-28(27)35-33(36-32)42-19-18-37(4)25-12-13-25/h5-11,25-26H,1,12-22H2,2,4H3/t26-/m0/s1. The zero-order chi connectivity index (χ0) is 29.2. The smallest absolute Gasteiger partial charge is 0.318 e. The number of carbonyl (C=O) groups excluding carboxylic acids is 1. The number of piperazine rings is 1. The van der Waals surface area contributed by atoms with Crippen molar-refractivity contribution in [2.45, 2.75) is 44.8 Å². The van der Waals surface area contributed by atoms with Gasteiger partial charge in [-0.05, 0) is 56.3 Å². The molecular weight excluding hydrogens is 526 g/mol. The molecule has 42 heavy (non-hydrogen) atoms. The molecule has 0 bridgehead atoms. The maximum Gasteiger partial charge on any atom is 0.318 e. The van der Waals surface area contributed by atoms with Gasteiger partial charge in [-0.2, -0.15) is 9.97 Å². The van der Waals surface area contributed by atoms with E-state index in [1.807, 2.05) is 0 Å². The Morgan fingerprint density at radius 1 is 1.17 bits per heavy atom. The summed E-state index contributed by atoms with van der Waals surface area (Å²) in [6.45, 7) is 18.1. The third-order valence-electron chi connectivity index (χ3n) is 8.84. The highest BCUT2D eigenvalue weighted by Gasteiger charge is 2.35. The zero-order valence-electron chi connectivity index (χ0n) is 24.6. The summed E-state index contributed by atoms with van der Waals surface area (Å²) in [5.41, 5.74) is 4.60. The first-order valence-electron chi connectivity index (χ1n) is 14.9. The molecule has 1 aliphatic carbocycles. The van der Waals surface area contributed by atoms with Gasteiger partial charge in [-0.3, -0.25) is 4.79 Å². The molecule has 2 aromatic carbocycles. The third kappa shape index (κ3) is 5.64. The van der Waals surface area contributed by atoms with Crippen molar-refractivity contribution in [3.8, 4) is 6.01 Å². The first kappa shape index (κ1) is 28.0. The van der Waals surface area contributed by atoms with Crippen LogP contribution >= 0.6 is 0 Å². The number of hydrogen-bond acceptors (Lipinski definition) is 7. The molecule has 1 saturated heterocycles. The van der Waals surface area contributed by atoms with Crippen molar-refractivity contribution in [2.75, 3.05) is 62.7 Å². The molecule has 218 valence electrons. The summed E-state index contributed by atoms with van der Waals surface area (Å²) in [6.07, 6.45) is 4.65. The molecule has 3 aromatic rings. The summed E-state index contributed by atoms with van der Waals surface area (Å²) in [5.74, 6) is 0.748.